The van der Waals surface area contributed by atoms with Gasteiger partial charge in [0.05, 0.1) is 37.8 Å². The van der Waals surface area contributed by atoms with Crippen LogP contribution < -0.4 is 14.2 Å². The van der Waals surface area contributed by atoms with Crippen molar-refractivity contribution in [3.8, 4) is 28.6 Å². The van der Waals surface area contributed by atoms with E-state index in [1.165, 1.54) is 7.11 Å². The molecule has 4 rings (SSSR count). The zero-order chi connectivity index (χ0) is 26.4. The zero-order valence-electron chi connectivity index (χ0n) is 20.7. The lowest BCUT2D eigenvalue weighted by molar-refractivity contribution is 0.0709. The molecule has 3 aromatic heterocycles. The van der Waals surface area contributed by atoms with Crippen molar-refractivity contribution in [3.05, 3.63) is 72.3 Å². The SMILES string of the molecule is COc1cccc(OC)c1-n1c(C[C@@H](N[SH](=O)=O)[C@@H](OC)c2cnc(C)cn2)nnc1-c1cccnc1. The molecule has 1 N–H and O–H groups in total. The molecule has 0 unspecified atom stereocenters. The lowest BCUT2D eigenvalue weighted by Gasteiger charge is -2.25. The molecule has 0 saturated carbocycles. The summed E-state index contributed by atoms with van der Waals surface area (Å²) < 4.78 is 45.0. The molecule has 194 valence electrons. The highest BCUT2D eigenvalue weighted by Crippen LogP contribution is 2.36. The van der Waals surface area contributed by atoms with Gasteiger partial charge in [-0.1, -0.05) is 6.07 Å². The first-order valence-corrected chi connectivity index (χ1v) is 12.4. The second-order valence-electron chi connectivity index (χ2n) is 7.96. The molecule has 0 amide bonds. The number of benzene rings is 1. The van der Waals surface area contributed by atoms with Gasteiger partial charge >= 0.3 is 0 Å². The van der Waals surface area contributed by atoms with Crippen LogP contribution in [0.1, 0.15) is 23.3 Å². The van der Waals surface area contributed by atoms with E-state index in [1.807, 2.05) is 13.0 Å². The van der Waals surface area contributed by atoms with Gasteiger partial charge in [-0.15, -0.1) is 10.2 Å². The van der Waals surface area contributed by atoms with Gasteiger partial charge in [0.1, 0.15) is 29.1 Å². The van der Waals surface area contributed by atoms with Gasteiger partial charge in [-0.25, -0.2) is 13.1 Å². The largest absolute Gasteiger partial charge is 0.494 e. The van der Waals surface area contributed by atoms with E-state index in [-0.39, 0.29) is 6.42 Å². The molecule has 0 aliphatic carbocycles. The number of nitrogens with one attached hydrogen (secondary N) is 1. The van der Waals surface area contributed by atoms with E-state index in [0.717, 1.165) is 5.69 Å². The summed E-state index contributed by atoms with van der Waals surface area (Å²) in [6.07, 6.45) is 5.81. The van der Waals surface area contributed by atoms with Crippen LogP contribution in [-0.4, -0.2) is 65.5 Å². The van der Waals surface area contributed by atoms with Gasteiger partial charge in [0.2, 0.25) is 10.9 Å². The molecule has 0 aliphatic heterocycles. The van der Waals surface area contributed by atoms with Gasteiger partial charge in [0, 0.05) is 37.7 Å². The number of hydrogen-bond acceptors (Lipinski definition) is 10. The van der Waals surface area contributed by atoms with Gasteiger partial charge in [-0.2, -0.15) is 0 Å². The van der Waals surface area contributed by atoms with Crippen LogP contribution in [0.25, 0.3) is 17.1 Å². The highest BCUT2D eigenvalue weighted by Gasteiger charge is 2.30. The minimum Gasteiger partial charge on any atom is -0.494 e. The van der Waals surface area contributed by atoms with E-state index in [2.05, 4.69) is 29.9 Å². The number of thiol groups is 1. The molecule has 3 heterocycles. The molecular weight excluding hydrogens is 498 g/mol. The summed E-state index contributed by atoms with van der Waals surface area (Å²) in [6, 6.07) is 8.24. The standard InChI is InChI=1S/C24H27N7O5S/c1-15-12-27-18(14-26-15)23(36-4)17(30-37(32)33)11-21-28-29-24(16-7-6-10-25-13-16)31(21)22-19(34-2)8-5-9-20(22)35-3/h5-10,12-14,17,23,37H,11H2,1-4H3,(H,30,32,33)/t17-,23-/m1/s1. The average molecular weight is 526 g/mol. The number of hydrogen-bond donors (Lipinski definition) is 2. The fraction of sp³-hybridized carbons (Fsp3) is 0.292. The number of aryl methyl sites for hydroxylation is 1. The Morgan fingerprint density at radius 2 is 1.73 bits per heavy atom. The monoisotopic (exact) mass is 525 g/mol. The predicted octanol–water partition coefficient (Wildman–Crippen LogP) is 1.86. The second-order valence-corrected chi connectivity index (χ2v) is 8.74. The van der Waals surface area contributed by atoms with E-state index in [0.29, 0.717) is 40.1 Å². The summed E-state index contributed by atoms with van der Waals surface area (Å²) in [7, 11) is 1.60. The summed E-state index contributed by atoms with van der Waals surface area (Å²) in [5.41, 5.74) is 2.44. The van der Waals surface area contributed by atoms with E-state index >= 15 is 0 Å². The van der Waals surface area contributed by atoms with Crippen LogP contribution in [0.5, 0.6) is 11.5 Å². The Balaban J connectivity index is 1.88. The molecule has 0 saturated heterocycles. The molecule has 0 radical (unpaired) electrons. The summed E-state index contributed by atoms with van der Waals surface area (Å²) >= 11 is 0. The summed E-state index contributed by atoms with van der Waals surface area (Å²) in [5.74, 6) is 1.92. The number of aromatic nitrogens is 6. The summed E-state index contributed by atoms with van der Waals surface area (Å²) in [5, 5.41) is 8.87. The minimum atomic E-state index is -2.99. The molecule has 37 heavy (non-hydrogen) atoms. The van der Waals surface area contributed by atoms with Crippen LogP contribution in [-0.2, 0) is 22.0 Å². The Morgan fingerprint density at radius 1 is 0.973 bits per heavy atom. The molecule has 1 aromatic carbocycles. The minimum absolute atomic E-state index is 0.0891. The van der Waals surface area contributed by atoms with Crippen LogP contribution in [0.15, 0.2) is 55.1 Å². The van der Waals surface area contributed by atoms with Crippen molar-refractivity contribution in [2.75, 3.05) is 21.3 Å². The molecule has 2 atom stereocenters. The third kappa shape index (κ3) is 5.74. The van der Waals surface area contributed by atoms with Crippen LogP contribution in [0.2, 0.25) is 0 Å². The van der Waals surface area contributed by atoms with Crippen molar-refractivity contribution in [3.63, 3.8) is 0 Å². The van der Waals surface area contributed by atoms with Gasteiger partial charge < -0.3 is 14.2 Å². The first-order chi connectivity index (χ1) is 18.0. The Bertz CT molecular complexity index is 1380. The number of pyridine rings is 1. The number of ether oxygens (including phenoxy) is 3. The third-order valence-electron chi connectivity index (χ3n) is 5.66. The molecule has 0 aliphatic rings. The molecule has 0 spiro atoms. The number of methoxy groups -OCH3 is 3. The maximum atomic E-state index is 11.8. The van der Waals surface area contributed by atoms with Gasteiger partial charge in [-0.05, 0) is 31.2 Å². The van der Waals surface area contributed by atoms with Crippen molar-refractivity contribution in [1.29, 1.82) is 0 Å². The Morgan fingerprint density at radius 3 is 2.30 bits per heavy atom. The topological polar surface area (TPSA) is 143 Å². The van der Waals surface area contributed by atoms with E-state index in [1.54, 1.807) is 67.8 Å². The lowest BCUT2D eigenvalue weighted by Crippen LogP contribution is -2.38. The van der Waals surface area contributed by atoms with Crippen molar-refractivity contribution in [1.82, 2.24) is 34.4 Å². The number of nitrogens with zero attached hydrogens (tertiary/aromatic N) is 6. The summed E-state index contributed by atoms with van der Waals surface area (Å²) in [4.78, 5) is 12.9. The van der Waals surface area contributed by atoms with Crippen molar-refractivity contribution < 1.29 is 22.6 Å². The van der Waals surface area contributed by atoms with Crippen molar-refractivity contribution in [2.24, 2.45) is 0 Å². The van der Waals surface area contributed by atoms with Crippen molar-refractivity contribution >= 4 is 10.9 Å². The maximum Gasteiger partial charge on any atom is 0.201 e. The number of rotatable bonds is 11. The Kier molecular flexibility index (Phi) is 8.38. The van der Waals surface area contributed by atoms with E-state index < -0.39 is 23.0 Å². The summed E-state index contributed by atoms with van der Waals surface area (Å²) in [6.45, 7) is 1.81. The third-order valence-corrected chi connectivity index (χ3v) is 6.20. The molecule has 4 aromatic rings. The van der Waals surface area contributed by atoms with Crippen LogP contribution >= 0.6 is 0 Å². The first-order valence-electron chi connectivity index (χ1n) is 11.2. The highest BCUT2D eigenvalue weighted by atomic mass is 32.2. The first kappa shape index (κ1) is 26.1. The Labute approximate surface area is 215 Å². The normalized spacial score (nSPS) is 12.9. The van der Waals surface area contributed by atoms with Crippen LogP contribution in [0.3, 0.4) is 0 Å². The quantitative estimate of drug-likeness (QED) is 0.279. The lowest BCUT2D eigenvalue weighted by atomic mass is 10.0. The average Bonchev–Trinajstić information content (AvgIpc) is 3.32. The maximum absolute atomic E-state index is 11.8. The highest BCUT2D eigenvalue weighted by molar-refractivity contribution is 7.70. The molecule has 12 nitrogen and oxygen atoms in total. The van der Waals surface area contributed by atoms with Crippen LogP contribution in [0.4, 0.5) is 0 Å². The molecular formula is C24H27N7O5S. The van der Waals surface area contributed by atoms with Gasteiger partial charge in [-0.3, -0.25) is 19.5 Å². The van der Waals surface area contributed by atoms with Crippen molar-refractivity contribution in [2.45, 2.75) is 25.5 Å². The fourth-order valence-corrected chi connectivity index (χ4v) is 4.51. The smallest absolute Gasteiger partial charge is 0.201 e. The zero-order valence-corrected chi connectivity index (χ0v) is 21.6. The fourth-order valence-electron chi connectivity index (χ4n) is 4.01. The van der Waals surface area contributed by atoms with Crippen LogP contribution in [0, 0.1) is 6.92 Å². The van der Waals surface area contributed by atoms with E-state index in [4.69, 9.17) is 14.2 Å². The Hall–Kier alpha value is -3.94. The van der Waals surface area contributed by atoms with Gasteiger partial charge in [0.25, 0.3) is 0 Å². The molecule has 0 bridgehead atoms. The molecule has 0 fully saturated rings. The number of para-hydroxylation sites is 1. The van der Waals surface area contributed by atoms with E-state index in [9.17, 15) is 8.42 Å². The second kappa shape index (κ2) is 11.9. The predicted molar refractivity (Wildman–Crippen MR) is 135 cm³/mol. The molecule has 13 heteroatoms. The van der Waals surface area contributed by atoms with Gasteiger partial charge in [0.15, 0.2) is 5.82 Å².